The lowest BCUT2D eigenvalue weighted by Gasteiger charge is -2.26. The maximum absolute atomic E-state index is 12.0. The van der Waals surface area contributed by atoms with Crippen molar-refractivity contribution in [2.75, 3.05) is 11.9 Å². The van der Waals surface area contributed by atoms with E-state index in [-0.39, 0.29) is 18.0 Å². The number of amides is 2. The minimum atomic E-state index is -0.740. The highest BCUT2D eigenvalue weighted by atomic mass is 16.5. The summed E-state index contributed by atoms with van der Waals surface area (Å²) in [4.78, 5) is 22.9. The van der Waals surface area contributed by atoms with E-state index in [1.807, 2.05) is 19.1 Å². The maximum atomic E-state index is 12.0. The second kappa shape index (κ2) is 7.68. The quantitative estimate of drug-likeness (QED) is 0.780. The summed E-state index contributed by atoms with van der Waals surface area (Å²) in [7, 11) is 0. The lowest BCUT2D eigenvalue weighted by Crippen LogP contribution is -2.40. The summed E-state index contributed by atoms with van der Waals surface area (Å²) in [5.74, 6) is -0.304. The molecule has 2 amide bonds. The van der Waals surface area contributed by atoms with Crippen LogP contribution >= 0.6 is 0 Å². The molecule has 1 aliphatic carbocycles. The molecular formula is C16H22N2O4. The van der Waals surface area contributed by atoms with Gasteiger partial charge in [0.1, 0.15) is 5.75 Å². The van der Waals surface area contributed by atoms with Gasteiger partial charge in [0.15, 0.2) is 0 Å². The fraction of sp³-hybridized carbons (Fsp3) is 0.500. The molecule has 1 saturated carbocycles. The zero-order chi connectivity index (χ0) is 15.9. The van der Waals surface area contributed by atoms with Gasteiger partial charge >= 0.3 is 12.0 Å². The molecule has 1 aliphatic rings. The Bertz CT molecular complexity index is 525. The smallest absolute Gasteiger partial charge is 0.319 e. The van der Waals surface area contributed by atoms with Gasteiger partial charge in [-0.3, -0.25) is 4.79 Å². The molecule has 0 radical (unpaired) electrons. The highest BCUT2D eigenvalue weighted by molar-refractivity contribution is 5.89. The van der Waals surface area contributed by atoms with Crippen LogP contribution in [0.1, 0.15) is 32.6 Å². The number of aliphatic carboxylic acids is 1. The van der Waals surface area contributed by atoms with Crippen molar-refractivity contribution in [1.82, 2.24) is 5.32 Å². The maximum Gasteiger partial charge on any atom is 0.319 e. The van der Waals surface area contributed by atoms with E-state index in [0.29, 0.717) is 43.7 Å². The van der Waals surface area contributed by atoms with Crippen molar-refractivity contribution < 1.29 is 19.4 Å². The number of ether oxygens (including phenoxy) is 1. The SMILES string of the molecule is CCOc1cccc(NC(=O)NC2CCC(C(=O)O)CC2)c1. The Morgan fingerprint density at radius 3 is 2.64 bits per heavy atom. The molecule has 0 bridgehead atoms. The number of benzene rings is 1. The predicted octanol–water partition coefficient (Wildman–Crippen LogP) is 2.85. The number of carboxylic acid groups (broad SMARTS) is 1. The Hall–Kier alpha value is -2.24. The molecule has 120 valence electrons. The molecule has 0 unspecified atom stereocenters. The van der Waals surface area contributed by atoms with Crippen LogP contribution in [0.15, 0.2) is 24.3 Å². The number of carbonyl (C=O) groups is 2. The number of nitrogens with one attached hydrogen (secondary N) is 2. The third-order valence-corrected chi connectivity index (χ3v) is 3.81. The molecule has 0 aromatic heterocycles. The summed E-state index contributed by atoms with van der Waals surface area (Å²) in [5, 5.41) is 14.6. The molecule has 1 aromatic rings. The van der Waals surface area contributed by atoms with Crippen molar-refractivity contribution in [3.8, 4) is 5.75 Å². The topological polar surface area (TPSA) is 87.7 Å². The molecular weight excluding hydrogens is 284 g/mol. The van der Waals surface area contributed by atoms with Crippen LogP contribution in [0, 0.1) is 5.92 Å². The molecule has 2 rings (SSSR count). The fourth-order valence-electron chi connectivity index (χ4n) is 2.67. The Morgan fingerprint density at radius 2 is 2.00 bits per heavy atom. The van der Waals surface area contributed by atoms with E-state index >= 15 is 0 Å². The van der Waals surface area contributed by atoms with Crippen LogP contribution in [0.5, 0.6) is 5.75 Å². The highest BCUT2D eigenvalue weighted by Gasteiger charge is 2.26. The number of hydrogen-bond donors (Lipinski definition) is 3. The van der Waals surface area contributed by atoms with Crippen LogP contribution < -0.4 is 15.4 Å². The largest absolute Gasteiger partial charge is 0.494 e. The van der Waals surface area contributed by atoms with Gasteiger partial charge in [-0.05, 0) is 44.7 Å². The van der Waals surface area contributed by atoms with Crippen LogP contribution in [0.3, 0.4) is 0 Å². The van der Waals surface area contributed by atoms with Crippen LogP contribution in [-0.2, 0) is 4.79 Å². The van der Waals surface area contributed by atoms with Crippen LogP contribution in [0.2, 0.25) is 0 Å². The first-order chi connectivity index (χ1) is 10.6. The van der Waals surface area contributed by atoms with E-state index in [0.717, 1.165) is 0 Å². The average Bonchev–Trinajstić information content (AvgIpc) is 2.48. The molecule has 1 fully saturated rings. The first-order valence-corrected chi connectivity index (χ1v) is 7.61. The molecule has 0 heterocycles. The number of carboxylic acids is 1. The van der Waals surface area contributed by atoms with Crippen LogP contribution in [0.25, 0.3) is 0 Å². The lowest BCUT2D eigenvalue weighted by atomic mass is 9.86. The van der Waals surface area contributed by atoms with Gasteiger partial charge in [-0.25, -0.2) is 4.79 Å². The Kier molecular flexibility index (Phi) is 5.63. The molecule has 0 saturated heterocycles. The summed E-state index contributed by atoms with van der Waals surface area (Å²) >= 11 is 0. The number of carbonyl (C=O) groups excluding carboxylic acids is 1. The Balaban J connectivity index is 1.81. The van der Waals surface area contributed by atoms with Crippen LogP contribution in [-0.4, -0.2) is 29.8 Å². The molecule has 0 atom stereocenters. The standard InChI is InChI=1S/C16H22N2O4/c1-2-22-14-5-3-4-13(10-14)18-16(21)17-12-8-6-11(7-9-12)15(19)20/h3-5,10-12H,2,6-9H2,1H3,(H,19,20)(H2,17,18,21). The van der Waals surface area contributed by atoms with Gasteiger partial charge in [0.05, 0.1) is 12.5 Å². The van der Waals surface area contributed by atoms with Gasteiger partial charge < -0.3 is 20.5 Å². The second-order valence-electron chi connectivity index (χ2n) is 5.45. The van der Waals surface area contributed by atoms with Crippen molar-refractivity contribution in [3.05, 3.63) is 24.3 Å². The summed E-state index contributed by atoms with van der Waals surface area (Å²) in [6, 6.07) is 6.98. The summed E-state index contributed by atoms with van der Waals surface area (Å²) in [6.07, 6.45) is 2.62. The summed E-state index contributed by atoms with van der Waals surface area (Å²) in [6.45, 7) is 2.47. The van der Waals surface area contributed by atoms with Gasteiger partial charge in [0.25, 0.3) is 0 Å². The first kappa shape index (κ1) is 16.1. The molecule has 0 spiro atoms. The number of hydrogen-bond acceptors (Lipinski definition) is 3. The van der Waals surface area contributed by atoms with E-state index in [2.05, 4.69) is 10.6 Å². The average molecular weight is 306 g/mol. The third-order valence-electron chi connectivity index (χ3n) is 3.81. The monoisotopic (exact) mass is 306 g/mol. The third kappa shape index (κ3) is 4.65. The van der Waals surface area contributed by atoms with E-state index in [1.165, 1.54) is 0 Å². The van der Waals surface area contributed by atoms with Crippen molar-refractivity contribution >= 4 is 17.7 Å². The van der Waals surface area contributed by atoms with E-state index < -0.39 is 5.97 Å². The van der Waals surface area contributed by atoms with Gasteiger partial charge in [-0.2, -0.15) is 0 Å². The van der Waals surface area contributed by atoms with Crippen molar-refractivity contribution in [2.24, 2.45) is 5.92 Å². The number of rotatable bonds is 5. The van der Waals surface area contributed by atoms with Gasteiger partial charge in [-0.15, -0.1) is 0 Å². The molecule has 6 nitrogen and oxygen atoms in total. The first-order valence-electron chi connectivity index (χ1n) is 7.61. The van der Waals surface area contributed by atoms with Crippen molar-refractivity contribution in [3.63, 3.8) is 0 Å². The minimum absolute atomic E-state index is 0.0330. The van der Waals surface area contributed by atoms with Crippen LogP contribution in [0.4, 0.5) is 10.5 Å². The predicted molar refractivity (Wildman–Crippen MR) is 83.1 cm³/mol. The fourth-order valence-corrected chi connectivity index (χ4v) is 2.67. The minimum Gasteiger partial charge on any atom is -0.494 e. The van der Waals surface area contributed by atoms with Gasteiger partial charge in [0, 0.05) is 17.8 Å². The lowest BCUT2D eigenvalue weighted by molar-refractivity contribution is -0.142. The molecule has 1 aromatic carbocycles. The van der Waals surface area contributed by atoms with Gasteiger partial charge in [-0.1, -0.05) is 6.07 Å². The highest BCUT2D eigenvalue weighted by Crippen LogP contribution is 2.24. The van der Waals surface area contributed by atoms with E-state index in [9.17, 15) is 9.59 Å². The van der Waals surface area contributed by atoms with Crippen molar-refractivity contribution in [2.45, 2.75) is 38.6 Å². The normalized spacial score (nSPS) is 21.0. The Labute approximate surface area is 129 Å². The summed E-state index contributed by atoms with van der Waals surface area (Å²) in [5.41, 5.74) is 0.669. The molecule has 3 N–H and O–H groups in total. The zero-order valence-electron chi connectivity index (χ0n) is 12.7. The zero-order valence-corrected chi connectivity index (χ0v) is 12.7. The van der Waals surface area contributed by atoms with Crippen molar-refractivity contribution in [1.29, 1.82) is 0 Å². The second-order valence-corrected chi connectivity index (χ2v) is 5.45. The van der Waals surface area contributed by atoms with E-state index in [1.54, 1.807) is 12.1 Å². The molecule has 0 aliphatic heterocycles. The number of urea groups is 1. The molecule has 22 heavy (non-hydrogen) atoms. The number of anilines is 1. The van der Waals surface area contributed by atoms with Gasteiger partial charge in [0.2, 0.25) is 0 Å². The Morgan fingerprint density at radius 1 is 1.27 bits per heavy atom. The summed E-state index contributed by atoms with van der Waals surface area (Å²) < 4.78 is 5.38. The van der Waals surface area contributed by atoms with E-state index in [4.69, 9.17) is 9.84 Å². The molecule has 6 heteroatoms.